The van der Waals surface area contributed by atoms with Gasteiger partial charge in [0.15, 0.2) is 5.60 Å². The summed E-state index contributed by atoms with van der Waals surface area (Å²) in [6.07, 6.45) is -4.60. The molecule has 0 aromatic carbocycles. The van der Waals surface area contributed by atoms with Gasteiger partial charge in [0.25, 0.3) is 0 Å². The second-order valence-corrected chi connectivity index (χ2v) is 4.08. The zero-order chi connectivity index (χ0) is 11.7. The zero-order valence-corrected chi connectivity index (χ0v) is 10.5. The van der Waals surface area contributed by atoms with Crippen molar-refractivity contribution in [3.05, 3.63) is 0 Å². The smallest absolute Gasteiger partial charge is 0.379 e. The van der Waals surface area contributed by atoms with E-state index >= 15 is 0 Å². The van der Waals surface area contributed by atoms with Crippen molar-refractivity contribution in [3.8, 4) is 0 Å². The average Bonchev–Trinajstić information content (AvgIpc) is 1.99. The van der Waals surface area contributed by atoms with Gasteiger partial charge >= 0.3 is 6.18 Å². The van der Waals surface area contributed by atoms with Crippen LogP contribution < -0.4 is 0 Å². The van der Waals surface area contributed by atoms with Crippen molar-refractivity contribution in [1.82, 2.24) is 4.90 Å². The third kappa shape index (κ3) is 3.93. The maximum atomic E-state index is 12.4. The van der Waals surface area contributed by atoms with Crippen molar-refractivity contribution in [3.63, 3.8) is 0 Å². The minimum atomic E-state index is -4.60. The standard InChI is InChI=1S/C9H18F3NO.Ni/c1-6(2)13(5)7(3)8(4,14)9(10,11)12;/h6-7,14H,1-5H3;. The Hall–Kier alpha value is 0.204. The normalized spacial score (nSPS) is 18.6. The molecule has 0 radical (unpaired) electrons. The van der Waals surface area contributed by atoms with Crippen LogP contribution in [0.5, 0.6) is 0 Å². The maximum Gasteiger partial charge on any atom is 0.418 e. The summed E-state index contributed by atoms with van der Waals surface area (Å²) in [6, 6.07) is -1.01. The molecule has 15 heavy (non-hydrogen) atoms. The molecule has 0 spiro atoms. The van der Waals surface area contributed by atoms with E-state index in [0.717, 1.165) is 6.92 Å². The van der Waals surface area contributed by atoms with E-state index in [1.807, 2.05) is 0 Å². The average molecular weight is 272 g/mol. The van der Waals surface area contributed by atoms with Crippen molar-refractivity contribution in [2.75, 3.05) is 7.05 Å². The van der Waals surface area contributed by atoms with Crippen LogP contribution in [-0.4, -0.2) is 40.9 Å². The van der Waals surface area contributed by atoms with Crippen LogP contribution in [0, 0.1) is 0 Å². The number of hydrogen-bond acceptors (Lipinski definition) is 2. The van der Waals surface area contributed by atoms with Crippen LogP contribution in [0.2, 0.25) is 0 Å². The molecule has 0 aromatic rings. The Morgan fingerprint density at radius 1 is 1.13 bits per heavy atom. The molecule has 2 nitrogen and oxygen atoms in total. The molecule has 0 rings (SSSR count). The fraction of sp³-hybridized carbons (Fsp3) is 1.00. The van der Waals surface area contributed by atoms with Crippen molar-refractivity contribution in [2.45, 2.75) is 51.6 Å². The van der Waals surface area contributed by atoms with E-state index in [9.17, 15) is 18.3 Å². The molecule has 0 bridgehead atoms. The summed E-state index contributed by atoms with van der Waals surface area (Å²) in [4.78, 5) is 1.49. The van der Waals surface area contributed by atoms with Gasteiger partial charge in [-0.05, 0) is 34.7 Å². The molecule has 2 atom stereocenters. The van der Waals surface area contributed by atoms with Crippen LogP contribution in [0.3, 0.4) is 0 Å². The van der Waals surface area contributed by atoms with E-state index in [0.29, 0.717) is 0 Å². The van der Waals surface area contributed by atoms with Gasteiger partial charge in [0.05, 0.1) is 0 Å². The molecule has 96 valence electrons. The number of rotatable bonds is 3. The van der Waals surface area contributed by atoms with Gasteiger partial charge in [-0.15, -0.1) is 0 Å². The zero-order valence-electron chi connectivity index (χ0n) is 9.50. The SMILES string of the molecule is CC(C)N(C)C(C)C(C)(O)C(F)(F)F.[Ni]. The first-order valence-corrected chi connectivity index (χ1v) is 4.52. The van der Waals surface area contributed by atoms with Crippen LogP contribution in [0.1, 0.15) is 27.7 Å². The minimum absolute atomic E-state index is 0. The molecule has 0 aliphatic heterocycles. The fourth-order valence-corrected chi connectivity index (χ4v) is 1.08. The van der Waals surface area contributed by atoms with Gasteiger partial charge < -0.3 is 5.11 Å². The van der Waals surface area contributed by atoms with E-state index in [4.69, 9.17) is 0 Å². The first kappa shape index (κ1) is 17.6. The molecule has 0 aromatic heterocycles. The summed E-state index contributed by atoms with van der Waals surface area (Å²) in [5, 5.41) is 9.37. The van der Waals surface area contributed by atoms with E-state index in [1.165, 1.54) is 11.8 Å². The van der Waals surface area contributed by atoms with Crippen LogP contribution in [0.15, 0.2) is 0 Å². The maximum absolute atomic E-state index is 12.4. The van der Waals surface area contributed by atoms with Gasteiger partial charge in [-0.2, -0.15) is 13.2 Å². The molecule has 2 unspecified atom stereocenters. The predicted octanol–water partition coefficient (Wildman–Crippen LogP) is 2.03. The van der Waals surface area contributed by atoms with Gasteiger partial charge in [-0.3, -0.25) is 4.90 Å². The molecule has 6 heteroatoms. The third-order valence-electron chi connectivity index (χ3n) is 2.81. The topological polar surface area (TPSA) is 23.5 Å². The number of nitrogens with zero attached hydrogens (tertiary/aromatic N) is 1. The Morgan fingerprint density at radius 2 is 1.47 bits per heavy atom. The van der Waals surface area contributed by atoms with Crippen LogP contribution in [0.4, 0.5) is 13.2 Å². The first-order valence-electron chi connectivity index (χ1n) is 4.52. The number of aliphatic hydroxyl groups is 1. The monoisotopic (exact) mass is 271 g/mol. The molecular formula is C9H18F3NNiO. The van der Waals surface area contributed by atoms with E-state index in [-0.39, 0.29) is 22.5 Å². The molecule has 0 aliphatic rings. The Kier molecular flexibility index (Phi) is 6.46. The molecule has 0 saturated carbocycles. The fourth-order valence-electron chi connectivity index (χ4n) is 1.08. The Labute approximate surface area is 98.8 Å². The summed E-state index contributed by atoms with van der Waals surface area (Å²) in [5.41, 5.74) is -2.67. The second kappa shape index (κ2) is 5.51. The van der Waals surface area contributed by atoms with Crippen LogP contribution in [0.25, 0.3) is 0 Å². The second-order valence-electron chi connectivity index (χ2n) is 4.08. The largest absolute Gasteiger partial charge is 0.418 e. The Morgan fingerprint density at radius 3 is 1.67 bits per heavy atom. The molecule has 0 saturated heterocycles. The molecule has 0 fully saturated rings. The number of halogens is 3. The van der Waals surface area contributed by atoms with E-state index < -0.39 is 17.8 Å². The van der Waals surface area contributed by atoms with E-state index in [1.54, 1.807) is 20.9 Å². The molecule has 0 heterocycles. The Balaban J connectivity index is 0. The van der Waals surface area contributed by atoms with Crippen LogP contribution >= 0.6 is 0 Å². The molecule has 0 amide bonds. The number of alkyl halides is 3. The third-order valence-corrected chi connectivity index (χ3v) is 2.81. The van der Waals surface area contributed by atoms with Gasteiger partial charge in [-0.1, -0.05) is 0 Å². The Bertz CT molecular complexity index is 194. The van der Waals surface area contributed by atoms with Crippen molar-refractivity contribution in [1.29, 1.82) is 0 Å². The van der Waals surface area contributed by atoms with E-state index in [2.05, 4.69) is 0 Å². The summed E-state index contributed by atoms with van der Waals surface area (Å²) < 4.78 is 37.3. The number of likely N-dealkylation sites (N-methyl/N-ethyl adjacent to an activating group) is 1. The predicted molar refractivity (Wildman–Crippen MR) is 49.0 cm³/mol. The van der Waals surface area contributed by atoms with Gasteiger partial charge in [0.1, 0.15) is 0 Å². The minimum Gasteiger partial charge on any atom is -0.379 e. The van der Waals surface area contributed by atoms with Gasteiger partial charge in [0, 0.05) is 28.6 Å². The summed E-state index contributed by atoms with van der Waals surface area (Å²) in [7, 11) is 1.57. The van der Waals surface area contributed by atoms with Gasteiger partial charge in [0.2, 0.25) is 0 Å². The van der Waals surface area contributed by atoms with Crippen molar-refractivity contribution in [2.24, 2.45) is 0 Å². The van der Waals surface area contributed by atoms with Crippen molar-refractivity contribution < 1.29 is 34.8 Å². The summed E-state index contributed by atoms with van der Waals surface area (Å²) >= 11 is 0. The summed E-state index contributed by atoms with van der Waals surface area (Å²) in [6.45, 7) is 5.73. The quantitative estimate of drug-likeness (QED) is 0.794. The molecular weight excluding hydrogens is 254 g/mol. The number of hydrogen-bond donors (Lipinski definition) is 1. The molecule has 0 aliphatic carbocycles. The summed E-state index contributed by atoms with van der Waals surface area (Å²) in [5.74, 6) is 0. The first-order chi connectivity index (χ1) is 6.01. The van der Waals surface area contributed by atoms with Crippen LogP contribution in [-0.2, 0) is 16.5 Å². The van der Waals surface area contributed by atoms with Crippen molar-refractivity contribution >= 4 is 0 Å². The molecule has 1 N–H and O–H groups in total. The van der Waals surface area contributed by atoms with Gasteiger partial charge in [-0.25, -0.2) is 0 Å².